The van der Waals surface area contributed by atoms with Gasteiger partial charge < -0.3 is 20.7 Å². The van der Waals surface area contributed by atoms with Crippen molar-refractivity contribution in [3.05, 3.63) is 35.2 Å². The maximum Gasteiger partial charge on any atom is 0.340 e. The van der Waals surface area contributed by atoms with Gasteiger partial charge in [0, 0.05) is 13.0 Å². The number of carboxylic acids is 1. The molecule has 0 aliphatic carbocycles. The molecular formula is C12H13FN4O3. The highest BCUT2D eigenvalue weighted by Gasteiger charge is 2.17. The zero-order valence-corrected chi connectivity index (χ0v) is 10.7. The summed E-state index contributed by atoms with van der Waals surface area (Å²) in [6.07, 6.45) is 0.414. The van der Waals surface area contributed by atoms with E-state index in [-0.39, 0.29) is 11.3 Å². The quantitative estimate of drug-likeness (QED) is 0.710. The summed E-state index contributed by atoms with van der Waals surface area (Å²) in [4.78, 5) is 15.1. The summed E-state index contributed by atoms with van der Waals surface area (Å²) in [5.41, 5.74) is 5.00. The fourth-order valence-corrected chi connectivity index (χ4v) is 1.72. The van der Waals surface area contributed by atoms with Gasteiger partial charge in [-0.1, -0.05) is 5.16 Å². The van der Waals surface area contributed by atoms with Crippen LogP contribution < -0.4 is 11.1 Å². The van der Waals surface area contributed by atoms with E-state index in [1.165, 1.54) is 6.07 Å². The molecule has 8 heteroatoms. The number of carboxylic acid groups (broad SMARTS) is 1. The molecule has 1 heterocycles. The third-order valence-electron chi connectivity index (χ3n) is 2.63. The van der Waals surface area contributed by atoms with Gasteiger partial charge >= 0.3 is 5.97 Å². The van der Waals surface area contributed by atoms with Crippen LogP contribution in [0.15, 0.2) is 16.7 Å². The van der Waals surface area contributed by atoms with Crippen molar-refractivity contribution in [2.45, 2.75) is 13.3 Å². The molecule has 106 valence electrons. The first-order valence-corrected chi connectivity index (χ1v) is 5.83. The molecule has 20 heavy (non-hydrogen) atoms. The van der Waals surface area contributed by atoms with Crippen LogP contribution in [-0.2, 0) is 6.42 Å². The Bertz CT molecular complexity index is 642. The number of hydrogen-bond donors (Lipinski definition) is 3. The first-order chi connectivity index (χ1) is 9.49. The third-order valence-corrected chi connectivity index (χ3v) is 2.63. The molecule has 0 radical (unpaired) electrons. The molecule has 0 spiro atoms. The first-order valence-electron chi connectivity index (χ1n) is 5.83. The Labute approximate surface area is 113 Å². The fourth-order valence-electron chi connectivity index (χ4n) is 1.72. The zero-order chi connectivity index (χ0) is 14.7. The molecule has 1 aromatic heterocycles. The lowest BCUT2D eigenvalue weighted by Gasteiger charge is -2.11. The Hall–Kier alpha value is -2.64. The van der Waals surface area contributed by atoms with Gasteiger partial charge in [0.2, 0.25) is 5.89 Å². The summed E-state index contributed by atoms with van der Waals surface area (Å²) in [6, 6.07) is 2.44. The van der Waals surface area contributed by atoms with E-state index < -0.39 is 17.5 Å². The SMILES string of the molecule is Cc1noc(CCNc2ccc(F)c(N)c2C(=O)O)n1. The summed E-state index contributed by atoms with van der Waals surface area (Å²) >= 11 is 0. The highest BCUT2D eigenvalue weighted by Crippen LogP contribution is 2.25. The Morgan fingerprint density at radius 2 is 2.30 bits per heavy atom. The topological polar surface area (TPSA) is 114 Å². The molecule has 0 fully saturated rings. The van der Waals surface area contributed by atoms with Gasteiger partial charge in [0.15, 0.2) is 5.82 Å². The molecule has 0 saturated heterocycles. The highest BCUT2D eigenvalue weighted by atomic mass is 19.1. The second-order valence-corrected chi connectivity index (χ2v) is 4.10. The normalized spacial score (nSPS) is 10.5. The summed E-state index contributed by atoms with van der Waals surface area (Å²) in [6.45, 7) is 2.05. The molecule has 7 nitrogen and oxygen atoms in total. The van der Waals surface area contributed by atoms with Crippen molar-refractivity contribution in [3.63, 3.8) is 0 Å². The maximum absolute atomic E-state index is 13.3. The van der Waals surface area contributed by atoms with E-state index in [0.717, 1.165) is 6.07 Å². The predicted octanol–water partition coefficient (Wildman–Crippen LogP) is 1.45. The number of hydrogen-bond acceptors (Lipinski definition) is 6. The van der Waals surface area contributed by atoms with Gasteiger partial charge in [0.1, 0.15) is 11.4 Å². The van der Waals surface area contributed by atoms with Crippen LogP contribution in [0.1, 0.15) is 22.1 Å². The van der Waals surface area contributed by atoms with E-state index in [9.17, 15) is 9.18 Å². The number of anilines is 2. The van der Waals surface area contributed by atoms with Crippen LogP contribution in [0.4, 0.5) is 15.8 Å². The summed E-state index contributed by atoms with van der Waals surface area (Å²) in [7, 11) is 0. The largest absolute Gasteiger partial charge is 0.478 e. The van der Waals surface area contributed by atoms with Gasteiger partial charge in [-0.25, -0.2) is 9.18 Å². The summed E-state index contributed by atoms with van der Waals surface area (Å²) in [5, 5.41) is 15.6. The lowest BCUT2D eigenvalue weighted by atomic mass is 10.1. The highest BCUT2D eigenvalue weighted by molar-refractivity contribution is 6.00. The molecule has 2 rings (SSSR count). The molecule has 0 saturated carbocycles. The van der Waals surface area contributed by atoms with Crippen molar-refractivity contribution in [2.75, 3.05) is 17.6 Å². The number of benzene rings is 1. The lowest BCUT2D eigenvalue weighted by Crippen LogP contribution is -2.12. The van der Waals surface area contributed by atoms with Crippen molar-refractivity contribution in [2.24, 2.45) is 0 Å². The smallest absolute Gasteiger partial charge is 0.340 e. The molecular weight excluding hydrogens is 267 g/mol. The number of rotatable bonds is 5. The van der Waals surface area contributed by atoms with Crippen LogP contribution in [0.3, 0.4) is 0 Å². The Morgan fingerprint density at radius 3 is 2.90 bits per heavy atom. The number of aromatic carboxylic acids is 1. The molecule has 0 bridgehead atoms. The number of nitrogens with zero attached hydrogens (tertiary/aromatic N) is 2. The standard InChI is InChI=1S/C12H13FN4O3/c1-6-16-9(20-17-6)4-5-15-8-3-2-7(13)11(14)10(8)12(18)19/h2-3,15H,4-5,14H2,1H3,(H,18,19). The second kappa shape index (κ2) is 5.55. The van der Waals surface area contributed by atoms with Gasteiger partial charge in [-0.3, -0.25) is 0 Å². The average Bonchev–Trinajstić information content (AvgIpc) is 2.79. The average molecular weight is 280 g/mol. The molecule has 0 aliphatic heterocycles. The molecule has 2 aromatic rings. The lowest BCUT2D eigenvalue weighted by molar-refractivity contribution is 0.0698. The van der Waals surface area contributed by atoms with Crippen molar-refractivity contribution in [1.29, 1.82) is 0 Å². The third kappa shape index (κ3) is 2.85. The number of carbonyl (C=O) groups is 1. The van der Waals surface area contributed by atoms with Gasteiger partial charge in [0.05, 0.1) is 11.4 Å². The van der Waals surface area contributed by atoms with E-state index in [4.69, 9.17) is 15.4 Å². The number of aromatic nitrogens is 2. The van der Waals surface area contributed by atoms with Crippen molar-refractivity contribution < 1.29 is 18.8 Å². The van der Waals surface area contributed by atoms with Gasteiger partial charge in [-0.05, 0) is 19.1 Å². The minimum atomic E-state index is -1.29. The molecule has 1 aromatic carbocycles. The number of aryl methyl sites for hydroxylation is 1. The van der Waals surface area contributed by atoms with Crippen molar-refractivity contribution in [3.8, 4) is 0 Å². The van der Waals surface area contributed by atoms with Crippen LogP contribution in [0, 0.1) is 12.7 Å². The molecule has 4 N–H and O–H groups in total. The Kier molecular flexibility index (Phi) is 3.83. The van der Waals surface area contributed by atoms with Crippen LogP contribution in [-0.4, -0.2) is 27.8 Å². The number of nitrogens with one attached hydrogen (secondary N) is 1. The minimum absolute atomic E-state index is 0.243. The molecule has 0 amide bonds. The maximum atomic E-state index is 13.3. The first kappa shape index (κ1) is 13.8. The van der Waals surface area contributed by atoms with Gasteiger partial charge in [-0.15, -0.1) is 0 Å². The zero-order valence-electron chi connectivity index (χ0n) is 10.7. The predicted molar refractivity (Wildman–Crippen MR) is 69.0 cm³/mol. The minimum Gasteiger partial charge on any atom is -0.478 e. The molecule has 0 unspecified atom stereocenters. The van der Waals surface area contributed by atoms with Crippen molar-refractivity contribution in [1.82, 2.24) is 10.1 Å². The Morgan fingerprint density at radius 1 is 1.55 bits per heavy atom. The van der Waals surface area contributed by atoms with E-state index in [2.05, 4.69) is 15.5 Å². The summed E-state index contributed by atoms with van der Waals surface area (Å²) in [5.74, 6) is -1.10. The van der Waals surface area contributed by atoms with E-state index >= 15 is 0 Å². The van der Waals surface area contributed by atoms with E-state index in [0.29, 0.717) is 24.7 Å². The number of nitrogen functional groups attached to an aromatic ring is 1. The van der Waals surface area contributed by atoms with E-state index in [1.807, 2.05) is 0 Å². The molecule has 0 atom stereocenters. The fraction of sp³-hybridized carbons (Fsp3) is 0.250. The van der Waals surface area contributed by atoms with Crippen LogP contribution in [0.5, 0.6) is 0 Å². The van der Waals surface area contributed by atoms with Gasteiger partial charge in [0.25, 0.3) is 0 Å². The molecule has 0 aliphatic rings. The summed E-state index contributed by atoms with van der Waals surface area (Å²) < 4.78 is 18.2. The monoisotopic (exact) mass is 280 g/mol. The second-order valence-electron chi connectivity index (χ2n) is 4.10. The van der Waals surface area contributed by atoms with E-state index in [1.54, 1.807) is 6.92 Å². The van der Waals surface area contributed by atoms with Crippen LogP contribution in [0.25, 0.3) is 0 Å². The van der Waals surface area contributed by atoms with Crippen LogP contribution >= 0.6 is 0 Å². The Balaban J connectivity index is 2.09. The van der Waals surface area contributed by atoms with Crippen LogP contribution in [0.2, 0.25) is 0 Å². The van der Waals surface area contributed by atoms with Gasteiger partial charge in [-0.2, -0.15) is 4.98 Å². The number of halogens is 1. The van der Waals surface area contributed by atoms with Crippen molar-refractivity contribution >= 4 is 17.3 Å². The number of nitrogens with two attached hydrogens (primary N) is 1.